The van der Waals surface area contributed by atoms with Crippen LogP contribution in [-0.2, 0) is 22.3 Å². The summed E-state index contributed by atoms with van der Waals surface area (Å²) in [5, 5.41) is 2.60. The van der Waals surface area contributed by atoms with E-state index >= 15 is 0 Å². The highest BCUT2D eigenvalue weighted by molar-refractivity contribution is 7.14. The molecule has 0 aliphatic rings. The van der Waals surface area contributed by atoms with Crippen LogP contribution >= 0.6 is 11.3 Å². The Hall–Kier alpha value is -3.79. The summed E-state index contributed by atoms with van der Waals surface area (Å²) >= 11 is 1.06. The first-order valence-electron chi connectivity index (χ1n) is 10.5. The number of thiazole rings is 1. The average molecular weight is 500 g/mol. The summed E-state index contributed by atoms with van der Waals surface area (Å²) < 4.78 is 44.8. The number of pyridine rings is 1. The Morgan fingerprint density at radius 2 is 1.80 bits per heavy atom. The number of ether oxygens (including phenoxy) is 1. The first kappa shape index (κ1) is 24.3. The first-order chi connectivity index (χ1) is 16.6. The third-order valence-corrected chi connectivity index (χ3v) is 6.24. The van der Waals surface area contributed by atoms with Crippen molar-refractivity contribution in [2.45, 2.75) is 33.6 Å². The van der Waals surface area contributed by atoms with Crippen molar-refractivity contribution >= 4 is 44.9 Å². The molecule has 0 saturated carbocycles. The van der Waals surface area contributed by atoms with Crippen molar-refractivity contribution < 1.29 is 27.5 Å². The minimum absolute atomic E-state index is 0.0405. The Bertz CT molecular complexity index is 1430. The lowest BCUT2D eigenvalue weighted by molar-refractivity contribution is -0.137. The van der Waals surface area contributed by atoms with Gasteiger partial charge in [0.1, 0.15) is 6.61 Å². The Balaban J connectivity index is 1.55. The number of benzene rings is 2. The summed E-state index contributed by atoms with van der Waals surface area (Å²) in [5.74, 6) is -1.06. The molecule has 4 rings (SSSR count). The summed E-state index contributed by atoms with van der Waals surface area (Å²) in [7, 11) is 0. The van der Waals surface area contributed by atoms with Crippen LogP contribution in [0, 0.1) is 13.8 Å². The minimum Gasteiger partial charge on any atom is -0.455 e. The number of hydrogen-bond acceptors (Lipinski definition) is 6. The SMILES string of the molecule is CC(=O)N(c1cccc(C(F)(F)F)c1)c1nc(COC(=O)c2c(C)nc3ccccc3c2C)cs1. The second kappa shape index (κ2) is 9.46. The fourth-order valence-electron chi connectivity index (χ4n) is 3.76. The molecule has 2 aromatic heterocycles. The number of hydrogen-bond donors (Lipinski definition) is 0. The zero-order chi connectivity index (χ0) is 25.3. The van der Waals surface area contributed by atoms with E-state index in [9.17, 15) is 22.8 Å². The van der Waals surface area contributed by atoms with E-state index in [1.165, 1.54) is 19.1 Å². The van der Waals surface area contributed by atoms with E-state index in [4.69, 9.17) is 4.74 Å². The molecular weight excluding hydrogens is 479 g/mol. The Labute approximate surface area is 203 Å². The van der Waals surface area contributed by atoms with Crippen molar-refractivity contribution in [1.82, 2.24) is 9.97 Å². The van der Waals surface area contributed by atoms with Crippen molar-refractivity contribution in [3.05, 3.63) is 82.0 Å². The number of aryl methyl sites for hydroxylation is 2. The van der Waals surface area contributed by atoms with Crippen LogP contribution < -0.4 is 4.90 Å². The van der Waals surface area contributed by atoms with Gasteiger partial charge >= 0.3 is 12.1 Å². The highest BCUT2D eigenvalue weighted by atomic mass is 32.1. The number of anilines is 2. The number of aromatic nitrogens is 2. The zero-order valence-electron chi connectivity index (χ0n) is 19.0. The fraction of sp³-hybridized carbons (Fsp3) is 0.200. The molecule has 180 valence electrons. The van der Waals surface area contributed by atoms with E-state index in [0.717, 1.165) is 44.8 Å². The number of amides is 1. The number of nitrogens with zero attached hydrogens (tertiary/aromatic N) is 3. The van der Waals surface area contributed by atoms with Crippen LogP contribution in [0.15, 0.2) is 53.9 Å². The molecule has 0 radical (unpaired) electrons. The predicted octanol–water partition coefficient (Wildman–Crippen LogP) is 6.37. The van der Waals surface area contributed by atoms with E-state index in [2.05, 4.69) is 9.97 Å². The smallest absolute Gasteiger partial charge is 0.416 e. The van der Waals surface area contributed by atoms with Crippen LogP contribution in [0.1, 0.15) is 39.8 Å². The molecule has 35 heavy (non-hydrogen) atoms. The van der Waals surface area contributed by atoms with Crippen LogP contribution in [0.3, 0.4) is 0 Å². The largest absolute Gasteiger partial charge is 0.455 e. The molecule has 0 bridgehead atoms. The van der Waals surface area contributed by atoms with E-state index in [0.29, 0.717) is 17.0 Å². The van der Waals surface area contributed by atoms with Crippen molar-refractivity contribution in [1.29, 1.82) is 0 Å². The quantitative estimate of drug-likeness (QED) is 0.299. The maximum absolute atomic E-state index is 13.1. The lowest BCUT2D eigenvalue weighted by atomic mass is 10.0. The number of fused-ring (bicyclic) bond motifs is 1. The summed E-state index contributed by atoms with van der Waals surface area (Å²) in [6, 6.07) is 11.9. The number of halogens is 3. The third-order valence-electron chi connectivity index (χ3n) is 5.37. The lowest BCUT2D eigenvalue weighted by Crippen LogP contribution is -2.23. The summed E-state index contributed by atoms with van der Waals surface area (Å²) in [6.07, 6.45) is -4.55. The normalized spacial score (nSPS) is 11.5. The second-order valence-corrected chi connectivity index (χ2v) is 8.65. The van der Waals surface area contributed by atoms with Gasteiger partial charge in [0.2, 0.25) is 5.91 Å². The Kier molecular flexibility index (Phi) is 6.58. The van der Waals surface area contributed by atoms with Gasteiger partial charge in [-0.15, -0.1) is 11.3 Å². The van der Waals surface area contributed by atoms with Gasteiger partial charge in [0, 0.05) is 17.7 Å². The minimum atomic E-state index is -4.55. The summed E-state index contributed by atoms with van der Waals surface area (Å²) in [6.45, 7) is 4.63. The van der Waals surface area contributed by atoms with Crippen molar-refractivity contribution in [3.8, 4) is 0 Å². The molecule has 0 spiro atoms. The molecule has 0 N–H and O–H groups in total. The van der Waals surface area contributed by atoms with Gasteiger partial charge in [-0.2, -0.15) is 13.2 Å². The molecule has 4 aromatic rings. The zero-order valence-corrected chi connectivity index (χ0v) is 19.8. The van der Waals surface area contributed by atoms with Gasteiger partial charge in [-0.25, -0.2) is 9.78 Å². The number of para-hydroxylation sites is 1. The van der Waals surface area contributed by atoms with Crippen molar-refractivity contribution in [3.63, 3.8) is 0 Å². The monoisotopic (exact) mass is 499 g/mol. The summed E-state index contributed by atoms with van der Waals surface area (Å²) in [4.78, 5) is 35.0. The maximum atomic E-state index is 13.1. The molecule has 1 amide bonds. The molecule has 0 fully saturated rings. The van der Waals surface area contributed by atoms with Gasteiger partial charge in [-0.1, -0.05) is 24.3 Å². The van der Waals surface area contributed by atoms with Gasteiger partial charge in [0.05, 0.1) is 33.7 Å². The van der Waals surface area contributed by atoms with Crippen LogP contribution in [0.4, 0.5) is 24.0 Å². The van der Waals surface area contributed by atoms with E-state index in [1.54, 1.807) is 12.3 Å². The van der Waals surface area contributed by atoms with Crippen molar-refractivity contribution in [2.24, 2.45) is 0 Å². The molecule has 0 aliphatic heterocycles. The number of esters is 1. The molecule has 0 aliphatic carbocycles. The number of carbonyl (C=O) groups is 2. The van der Waals surface area contributed by atoms with Gasteiger partial charge in [0.25, 0.3) is 0 Å². The molecule has 6 nitrogen and oxygen atoms in total. The van der Waals surface area contributed by atoms with E-state index in [-0.39, 0.29) is 17.4 Å². The third kappa shape index (κ3) is 5.02. The number of rotatable bonds is 5. The van der Waals surface area contributed by atoms with Gasteiger partial charge in [-0.3, -0.25) is 14.7 Å². The second-order valence-electron chi connectivity index (χ2n) is 7.81. The van der Waals surface area contributed by atoms with Crippen molar-refractivity contribution in [2.75, 3.05) is 4.90 Å². The van der Waals surface area contributed by atoms with E-state index < -0.39 is 23.6 Å². The number of alkyl halides is 3. The molecule has 0 atom stereocenters. The molecule has 2 aromatic carbocycles. The Morgan fingerprint density at radius 1 is 1.06 bits per heavy atom. The fourth-order valence-corrected chi connectivity index (χ4v) is 4.63. The maximum Gasteiger partial charge on any atom is 0.416 e. The predicted molar refractivity (Wildman–Crippen MR) is 127 cm³/mol. The van der Waals surface area contributed by atoms with Crippen LogP contribution in [-0.4, -0.2) is 21.8 Å². The average Bonchev–Trinajstić information content (AvgIpc) is 3.25. The highest BCUT2D eigenvalue weighted by Crippen LogP contribution is 2.35. The molecular formula is C25H20F3N3O3S. The van der Waals surface area contributed by atoms with Crippen LogP contribution in [0.2, 0.25) is 0 Å². The standard InChI is InChI=1S/C25H20F3N3O3S/c1-14-20-9-4-5-10-21(20)29-15(2)22(14)23(33)34-12-18-13-35-24(30-18)31(16(3)32)19-8-6-7-17(11-19)25(26,27)28/h4-11,13H,12H2,1-3H3. The van der Waals surface area contributed by atoms with Crippen LogP contribution in [0.25, 0.3) is 10.9 Å². The first-order valence-corrected chi connectivity index (χ1v) is 11.4. The molecule has 0 unspecified atom stereocenters. The lowest BCUT2D eigenvalue weighted by Gasteiger charge is -2.19. The number of carbonyl (C=O) groups excluding carboxylic acids is 2. The van der Waals surface area contributed by atoms with Gasteiger partial charge in [-0.05, 0) is 43.7 Å². The summed E-state index contributed by atoms with van der Waals surface area (Å²) in [5.41, 5.74) is 1.97. The topological polar surface area (TPSA) is 72.4 Å². The van der Waals surface area contributed by atoms with Gasteiger partial charge < -0.3 is 4.74 Å². The Morgan fingerprint density at radius 3 is 2.51 bits per heavy atom. The van der Waals surface area contributed by atoms with E-state index in [1.807, 2.05) is 31.2 Å². The van der Waals surface area contributed by atoms with Gasteiger partial charge in [0.15, 0.2) is 5.13 Å². The molecule has 2 heterocycles. The highest BCUT2D eigenvalue weighted by Gasteiger charge is 2.31. The molecule has 10 heteroatoms. The van der Waals surface area contributed by atoms with Crippen LogP contribution in [0.5, 0.6) is 0 Å². The molecule has 0 saturated heterocycles.